The lowest BCUT2D eigenvalue weighted by molar-refractivity contribution is -0.123. The van der Waals surface area contributed by atoms with Crippen molar-refractivity contribution < 1.29 is 19.0 Å². The van der Waals surface area contributed by atoms with E-state index in [0.717, 1.165) is 11.3 Å². The van der Waals surface area contributed by atoms with Gasteiger partial charge in [-0.05, 0) is 41.5 Å². The number of carbonyl (C=O) groups excluding carboxylic acids is 1. The van der Waals surface area contributed by atoms with E-state index >= 15 is 0 Å². The average Bonchev–Trinajstić information content (AvgIpc) is 3.27. The molecule has 28 heavy (non-hydrogen) atoms. The van der Waals surface area contributed by atoms with Gasteiger partial charge in [-0.25, -0.2) is 5.43 Å². The van der Waals surface area contributed by atoms with Crippen LogP contribution in [0.4, 0.5) is 0 Å². The lowest BCUT2D eigenvalue weighted by atomic mass is 10.2. The third kappa shape index (κ3) is 4.94. The van der Waals surface area contributed by atoms with Gasteiger partial charge in [0.1, 0.15) is 19.0 Å². The van der Waals surface area contributed by atoms with Crippen LogP contribution in [0.3, 0.4) is 0 Å². The van der Waals surface area contributed by atoms with Crippen LogP contribution in [0, 0.1) is 0 Å². The third-order valence-electron chi connectivity index (χ3n) is 4.11. The second-order valence-corrected chi connectivity index (χ2v) is 8.85. The van der Waals surface area contributed by atoms with Crippen molar-refractivity contribution in [3.8, 4) is 17.2 Å². The molecule has 2 aromatic rings. The van der Waals surface area contributed by atoms with Gasteiger partial charge < -0.3 is 14.2 Å². The molecule has 0 bridgehead atoms. The van der Waals surface area contributed by atoms with Crippen LogP contribution in [0.1, 0.15) is 15.7 Å². The topological polar surface area (TPSA) is 69.2 Å². The lowest BCUT2D eigenvalue weighted by Crippen LogP contribution is -2.24. The minimum absolute atomic E-state index is 0.0925. The summed E-state index contributed by atoms with van der Waals surface area (Å²) in [7, 11) is 0. The van der Waals surface area contributed by atoms with Crippen LogP contribution in [-0.2, 0) is 4.79 Å². The molecule has 2 aliphatic heterocycles. The molecule has 0 unspecified atom stereocenters. The van der Waals surface area contributed by atoms with E-state index in [1.807, 2.05) is 53.9 Å². The van der Waals surface area contributed by atoms with E-state index in [-0.39, 0.29) is 12.5 Å². The molecular formula is C20H20N2O4S2. The average molecular weight is 417 g/mol. The van der Waals surface area contributed by atoms with Crippen molar-refractivity contribution in [1.82, 2.24) is 5.43 Å². The van der Waals surface area contributed by atoms with Gasteiger partial charge in [0.25, 0.3) is 5.91 Å². The largest absolute Gasteiger partial charge is 0.486 e. The highest BCUT2D eigenvalue weighted by atomic mass is 32.2. The van der Waals surface area contributed by atoms with Crippen molar-refractivity contribution in [3.63, 3.8) is 0 Å². The van der Waals surface area contributed by atoms with E-state index in [0.29, 0.717) is 29.3 Å². The van der Waals surface area contributed by atoms with Crippen LogP contribution in [0.5, 0.6) is 17.2 Å². The van der Waals surface area contributed by atoms with Gasteiger partial charge in [0, 0.05) is 11.5 Å². The maximum Gasteiger partial charge on any atom is 0.277 e. The number of thioether (sulfide) groups is 2. The maximum atomic E-state index is 11.9. The van der Waals surface area contributed by atoms with Crippen LogP contribution in [0.2, 0.25) is 0 Å². The fourth-order valence-electron chi connectivity index (χ4n) is 2.77. The van der Waals surface area contributed by atoms with Crippen molar-refractivity contribution >= 4 is 35.6 Å². The summed E-state index contributed by atoms with van der Waals surface area (Å²) in [6, 6.07) is 13.4. The van der Waals surface area contributed by atoms with Crippen LogP contribution in [0.25, 0.3) is 0 Å². The number of hydrogen-bond donors (Lipinski definition) is 1. The van der Waals surface area contributed by atoms with Crippen molar-refractivity contribution in [2.75, 3.05) is 31.3 Å². The maximum absolute atomic E-state index is 11.9. The number of benzene rings is 2. The molecule has 6 nitrogen and oxygen atoms in total. The molecule has 4 rings (SSSR count). The van der Waals surface area contributed by atoms with Gasteiger partial charge in [-0.3, -0.25) is 4.79 Å². The predicted octanol–water partition coefficient (Wildman–Crippen LogP) is 3.47. The Morgan fingerprint density at radius 1 is 1.11 bits per heavy atom. The molecule has 146 valence electrons. The Bertz CT molecular complexity index is 852. The quantitative estimate of drug-likeness (QED) is 0.575. The van der Waals surface area contributed by atoms with Crippen molar-refractivity contribution in [2.24, 2.45) is 5.10 Å². The normalized spacial score (nSPS) is 16.3. The molecule has 0 atom stereocenters. The Balaban J connectivity index is 1.23. The van der Waals surface area contributed by atoms with E-state index in [2.05, 4.69) is 22.7 Å². The number of ether oxygens (including phenoxy) is 3. The summed E-state index contributed by atoms with van der Waals surface area (Å²) < 4.78 is 17.0. The molecule has 1 N–H and O–H groups in total. The Labute approximate surface area is 172 Å². The van der Waals surface area contributed by atoms with Crippen LogP contribution in [0.15, 0.2) is 47.6 Å². The molecule has 1 saturated heterocycles. The van der Waals surface area contributed by atoms with Crippen LogP contribution < -0.4 is 19.6 Å². The molecule has 0 aliphatic carbocycles. The zero-order valence-corrected chi connectivity index (χ0v) is 16.8. The molecule has 2 aromatic carbocycles. The monoisotopic (exact) mass is 416 g/mol. The smallest absolute Gasteiger partial charge is 0.277 e. The number of hydrogen-bond acceptors (Lipinski definition) is 7. The van der Waals surface area contributed by atoms with E-state index < -0.39 is 0 Å². The third-order valence-corrected chi connectivity index (χ3v) is 7.22. The van der Waals surface area contributed by atoms with Crippen molar-refractivity contribution in [2.45, 2.75) is 4.58 Å². The lowest BCUT2D eigenvalue weighted by Gasteiger charge is -2.18. The number of fused-ring (bicyclic) bond motifs is 1. The number of amides is 1. The number of hydrazone groups is 1. The molecule has 0 saturated carbocycles. The van der Waals surface area contributed by atoms with E-state index in [9.17, 15) is 4.79 Å². The summed E-state index contributed by atoms with van der Waals surface area (Å²) in [6.45, 7) is 0.990. The molecule has 0 radical (unpaired) electrons. The van der Waals surface area contributed by atoms with Crippen LogP contribution in [-0.4, -0.2) is 43.4 Å². The van der Waals surface area contributed by atoms with Crippen molar-refractivity contribution in [3.05, 3.63) is 53.6 Å². The first-order valence-electron chi connectivity index (χ1n) is 8.95. The summed E-state index contributed by atoms with van der Waals surface area (Å²) in [6.07, 6.45) is 1.56. The van der Waals surface area contributed by atoms with E-state index in [4.69, 9.17) is 14.2 Å². The SMILES string of the molecule is O=C(COc1ccc(C2SCCS2)cc1)N/N=C\c1ccc2c(c1)OCCO2. The first-order valence-corrected chi connectivity index (χ1v) is 11.1. The number of nitrogens with zero attached hydrogens (tertiary/aromatic N) is 1. The highest BCUT2D eigenvalue weighted by molar-refractivity contribution is 8.19. The highest BCUT2D eigenvalue weighted by Gasteiger charge is 2.18. The van der Waals surface area contributed by atoms with Gasteiger partial charge in [-0.15, -0.1) is 23.5 Å². The second kappa shape index (κ2) is 9.25. The molecule has 2 aliphatic rings. The molecule has 8 heteroatoms. The Morgan fingerprint density at radius 3 is 2.64 bits per heavy atom. The zero-order chi connectivity index (χ0) is 19.2. The van der Waals surface area contributed by atoms with E-state index in [1.54, 1.807) is 6.21 Å². The predicted molar refractivity (Wildman–Crippen MR) is 113 cm³/mol. The number of nitrogens with one attached hydrogen (secondary N) is 1. The fraction of sp³-hybridized carbons (Fsp3) is 0.300. The first-order chi connectivity index (χ1) is 13.8. The Hall–Kier alpha value is -2.32. The zero-order valence-electron chi connectivity index (χ0n) is 15.1. The van der Waals surface area contributed by atoms with Gasteiger partial charge in [0.2, 0.25) is 0 Å². The molecule has 2 heterocycles. The standard InChI is InChI=1S/C20H20N2O4S2/c23-19(13-26-16-4-2-15(3-5-16)20-27-9-10-28-20)22-21-12-14-1-6-17-18(11-14)25-8-7-24-17/h1-6,11-12,20H,7-10,13H2,(H,22,23)/b21-12-. The Kier molecular flexibility index (Phi) is 6.28. The molecular weight excluding hydrogens is 396 g/mol. The van der Waals surface area contributed by atoms with Gasteiger partial charge in [0.15, 0.2) is 18.1 Å². The Morgan fingerprint density at radius 2 is 1.86 bits per heavy atom. The fourth-order valence-corrected chi connectivity index (χ4v) is 5.63. The minimum Gasteiger partial charge on any atom is -0.486 e. The van der Waals surface area contributed by atoms with E-state index in [1.165, 1.54) is 17.1 Å². The molecule has 0 aromatic heterocycles. The van der Waals surface area contributed by atoms with Crippen molar-refractivity contribution in [1.29, 1.82) is 0 Å². The number of carbonyl (C=O) groups is 1. The minimum atomic E-state index is -0.320. The molecule has 0 spiro atoms. The van der Waals surface area contributed by atoms with Gasteiger partial charge in [0.05, 0.1) is 10.8 Å². The van der Waals surface area contributed by atoms with Gasteiger partial charge >= 0.3 is 0 Å². The van der Waals surface area contributed by atoms with Crippen LogP contribution >= 0.6 is 23.5 Å². The summed E-state index contributed by atoms with van der Waals surface area (Å²) in [5, 5.41) is 3.96. The first kappa shape index (κ1) is 19.0. The van der Waals surface area contributed by atoms with Gasteiger partial charge in [-0.1, -0.05) is 12.1 Å². The molecule has 1 fully saturated rings. The van der Waals surface area contributed by atoms with Gasteiger partial charge in [-0.2, -0.15) is 5.10 Å². The highest BCUT2D eigenvalue weighted by Crippen LogP contribution is 2.45. The summed E-state index contributed by atoms with van der Waals surface area (Å²) >= 11 is 3.92. The molecule has 1 amide bonds. The summed E-state index contributed by atoms with van der Waals surface area (Å²) in [5.74, 6) is 4.14. The summed E-state index contributed by atoms with van der Waals surface area (Å²) in [5.41, 5.74) is 4.56. The summed E-state index contributed by atoms with van der Waals surface area (Å²) in [4.78, 5) is 11.9. The number of rotatable bonds is 6. The second-order valence-electron chi connectivity index (χ2n) is 6.13.